The van der Waals surface area contributed by atoms with Gasteiger partial charge in [-0.1, -0.05) is 0 Å². The minimum atomic E-state index is -0.939. The molecule has 0 aliphatic heterocycles. The van der Waals surface area contributed by atoms with Gasteiger partial charge >= 0.3 is 11.9 Å². The number of carboxylic acid groups (broad SMARTS) is 1. The molecular formula is C14H20O4S. The second kappa shape index (κ2) is 5.33. The Labute approximate surface area is 117 Å². The Morgan fingerprint density at radius 3 is 2.21 bits per heavy atom. The minimum Gasteiger partial charge on any atom is -0.477 e. The van der Waals surface area contributed by atoms with Crippen molar-refractivity contribution in [2.45, 2.75) is 46.6 Å². The maximum atomic E-state index is 12.1. The fourth-order valence-corrected chi connectivity index (χ4v) is 2.59. The molecule has 1 rings (SSSR count). The maximum Gasteiger partial charge on any atom is 0.345 e. The third-order valence-corrected chi connectivity index (χ3v) is 3.51. The molecule has 0 fully saturated rings. The van der Waals surface area contributed by atoms with E-state index in [0.29, 0.717) is 6.42 Å². The molecule has 0 bridgehead atoms. The number of carbonyl (C=O) groups excluding carboxylic acids is 1. The Morgan fingerprint density at radius 2 is 1.79 bits per heavy atom. The lowest BCUT2D eigenvalue weighted by molar-refractivity contribution is -0.165. The average Bonchev–Trinajstić information content (AvgIpc) is 2.62. The van der Waals surface area contributed by atoms with Crippen LogP contribution in [-0.4, -0.2) is 22.6 Å². The van der Waals surface area contributed by atoms with Crippen molar-refractivity contribution in [1.29, 1.82) is 0 Å². The minimum absolute atomic E-state index is 0.273. The van der Waals surface area contributed by atoms with E-state index in [-0.39, 0.29) is 10.8 Å². The highest BCUT2D eigenvalue weighted by Gasteiger charge is 2.33. The highest BCUT2D eigenvalue weighted by atomic mass is 32.1. The molecule has 0 aliphatic rings. The van der Waals surface area contributed by atoms with E-state index in [1.807, 2.05) is 20.8 Å². The first-order valence-electron chi connectivity index (χ1n) is 6.07. The van der Waals surface area contributed by atoms with Crippen molar-refractivity contribution in [3.8, 4) is 0 Å². The van der Waals surface area contributed by atoms with Gasteiger partial charge in [-0.2, -0.15) is 0 Å². The van der Waals surface area contributed by atoms with E-state index >= 15 is 0 Å². The van der Waals surface area contributed by atoms with E-state index in [9.17, 15) is 9.59 Å². The van der Waals surface area contributed by atoms with Crippen molar-refractivity contribution < 1.29 is 19.4 Å². The van der Waals surface area contributed by atoms with Gasteiger partial charge in [0.05, 0.1) is 5.41 Å². The highest BCUT2D eigenvalue weighted by Crippen LogP contribution is 2.29. The normalized spacial score (nSPS) is 12.3. The Balaban J connectivity index is 2.78. The molecule has 1 heterocycles. The number of carbonyl (C=O) groups is 2. The van der Waals surface area contributed by atoms with Gasteiger partial charge in [-0.3, -0.25) is 4.79 Å². The van der Waals surface area contributed by atoms with Gasteiger partial charge in [0.15, 0.2) is 0 Å². The molecule has 1 N–H and O–H groups in total. The summed E-state index contributed by atoms with van der Waals surface area (Å²) in [5, 5.41) is 8.88. The van der Waals surface area contributed by atoms with Crippen LogP contribution in [-0.2, 0) is 16.0 Å². The van der Waals surface area contributed by atoms with E-state index in [1.54, 1.807) is 26.0 Å². The first kappa shape index (κ1) is 15.7. The SMILES string of the molecule is CC(C)(C)OC(=O)C(C)(C)Cc1ccc(C(=O)O)s1. The van der Waals surface area contributed by atoms with Crippen molar-refractivity contribution in [2.75, 3.05) is 0 Å². The molecule has 4 nitrogen and oxygen atoms in total. The predicted molar refractivity (Wildman–Crippen MR) is 74.6 cm³/mol. The van der Waals surface area contributed by atoms with Gasteiger partial charge in [0.2, 0.25) is 0 Å². The van der Waals surface area contributed by atoms with Gasteiger partial charge in [-0.15, -0.1) is 11.3 Å². The smallest absolute Gasteiger partial charge is 0.345 e. The molecule has 0 spiro atoms. The van der Waals surface area contributed by atoms with E-state index in [2.05, 4.69) is 0 Å². The molecule has 0 aliphatic carbocycles. The number of esters is 1. The summed E-state index contributed by atoms with van der Waals surface area (Å²) in [6, 6.07) is 3.31. The zero-order valence-corrected chi connectivity index (χ0v) is 12.8. The fraction of sp³-hybridized carbons (Fsp3) is 0.571. The lowest BCUT2D eigenvalue weighted by Crippen LogP contribution is -2.35. The summed E-state index contributed by atoms with van der Waals surface area (Å²) in [5.74, 6) is -1.21. The van der Waals surface area contributed by atoms with Crippen LogP contribution in [0.5, 0.6) is 0 Å². The molecule has 1 aromatic heterocycles. The van der Waals surface area contributed by atoms with Crippen LogP contribution in [0.15, 0.2) is 12.1 Å². The summed E-state index contributed by atoms with van der Waals surface area (Å²) >= 11 is 1.20. The second-order valence-electron chi connectivity index (χ2n) is 6.13. The third-order valence-electron chi connectivity index (χ3n) is 2.44. The van der Waals surface area contributed by atoms with Crippen molar-refractivity contribution in [1.82, 2.24) is 0 Å². The quantitative estimate of drug-likeness (QED) is 0.861. The summed E-state index contributed by atoms with van der Waals surface area (Å²) in [5.41, 5.74) is -1.19. The van der Waals surface area contributed by atoms with Crippen LogP contribution in [0.4, 0.5) is 0 Å². The summed E-state index contributed by atoms with van der Waals surface area (Å²) in [6.45, 7) is 9.10. The van der Waals surface area contributed by atoms with Crippen LogP contribution in [0, 0.1) is 5.41 Å². The summed E-state index contributed by atoms with van der Waals surface area (Å²) in [6.07, 6.45) is 0.472. The zero-order chi connectivity index (χ0) is 14.8. The molecule has 0 saturated carbocycles. The summed E-state index contributed by atoms with van der Waals surface area (Å²) in [7, 11) is 0. The van der Waals surface area contributed by atoms with Crippen LogP contribution >= 0.6 is 11.3 Å². The standard InChI is InChI=1S/C14H20O4S/c1-13(2,3)18-12(17)14(4,5)8-9-6-7-10(19-9)11(15)16/h6-7H,8H2,1-5H3,(H,15,16). The lowest BCUT2D eigenvalue weighted by Gasteiger charge is -2.28. The number of thiophene rings is 1. The Morgan fingerprint density at radius 1 is 1.21 bits per heavy atom. The van der Waals surface area contributed by atoms with Crippen LogP contribution < -0.4 is 0 Å². The predicted octanol–water partition coefficient (Wildman–Crippen LogP) is 3.36. The number of aromatic carboxylic acids is 1. The maximum absolute atomic E-state index is 12.1. The van der Waals surface area contributed by atoms with Crippen LogP contribution in [0.1, 0.15) is 49.2 Å². The van der Waals surface area contributed by atoms with Crippen LogP contribution in [0.3, 0.4) is 0 Å². The van der Waals surface area contributed by atoms with Gasteiger partial charge in [-0.25, -0.2) is 4.79 Å². The molecule has 0 aromatic carbocycles. The molecule has 5 heteroatoms. The summed E-state index contributed by atoms with van der Waals surface area (Å²) < 4.78 is 5.38. The molecule has 0 atom stereocenters. The Hall–Kier alpha value is -1.36. The molecule has 1 aromatic rings. The monoisotopic (exact) mass is 284 g/mol. The van der Waals surface area contributed by atoms with E-state index in [4.69, 9.17) is 9.84 Å². The van der Waals surface area contributed by atoms with Crippen LogP contribution in [0.25, 0.3) is 0 Å². The second-order valence-corrected chi connectivity index (χ2v) is 7.30. The zero-order valence-electron chi connectivity index (χ0n) is 11.9. The molecule has 0 unspecified atom stereocenters. The molecule has 0 radical (unpaired) electrons. The number of hydrogen-bond donors (Lipinski definition) is 1. The number of ether oxygens (including phenoxy) is 1. The molecule has 106 valence electrons. The van der Waals surface area contributed by atoms with Gasteiger partial charge < -0.3 is 9.84 Å². The Kier molecular flexibility index (Phi) is 4.40. The number of hydrogen-bond acceptors (Lipinski definition) is 4. The van der Waals surface area contributed by atoms with Gasteiger partial charge in [0, 0.05) is 4.88 Å². The highest BCUT2D eigenvalue weighted by molar-refractivity contribution is 7.13. The largest absolute Gasteiger partial charge is 0.477 e. The number of rotatable bonds is 4. The van der Waals surface area contributed by atoms with Gasteiger partial charge in [0.1, 0.15) is 10.5 Å². The molecule has 0 amide bonds. The molecule has 0 saturated heterocycles. The lowest BCUT2D eigenvalue weighted by atomic mass is 9.88. The summed E-state index contributed by atoms with van der Waals surface area (Å²) in [4.78, 5) is 24.1. The van der Waals surface area contributed by atoms with E-state index < -0.39 is 17.0 Å². The third kappa shape index (κ3) is 4.67. The van der Waals surface area contributed by atoms with Crippen LogP contribution in [0.2, 0.25) is 0 Å². The molecule has 19 heavy (non-hydrogen) atoms. The fourth-order valence-electron chi connectivity index (χ4n) is 1.51. The average molecular weight is 284 g/mol. The first-order chi connectivity index (χ1) is 8.51. The topological polar surface area (TPSA) is 63.6 Å². The Bertz CT molecular complexity index is 480. The van der Waals surface area contributed by atoms with Crippen molar-refractivity contribution in [3.63, 3.8) is 0 Å². The van der Waals surface area contributed by atoms with Gasteiger partial charge in [0.25, 0.3) is 0 Å². The van der Waals surface area contributed by atoms with Crippen molar-refractivity contribution in [3.05, 3.63) is 21.9 Å². The molecular weight excluding hydrogens is 264 g/mol. The number of carboxylic acids is 1. The first-order valence-corrected chi connectivity index (χ1v) is 6.88. The van der Waals surface area contributed by atoms with Crippen molar-refractivity contribution in [2.24, 2.45) is 5.41 Å². The van der Waals surface area contributed by atoms with Gasteiger partial charge in [-0.05, 0) is 53.2 Å². The van der Waals surface area contributed by atoms with E-state index in [1.165, 1.54) is 11.3 Å². The van der Waals surface area contributed by atoms with Crippen molar-refractivity contribution >= 4 is 23.3 Å². The van der Waals surface area contributed by atoms with E-state index in [0.717, 1.165) is 4.88 Å².